The quantitative estimate of drug-likeness (QED) is 0.257. The smallest absolute Gasteiger partial charge is 0.350 e. The number of carbonyl (C=O) groups is 3. The van der Waals surface area contributed by atoms with Crippen LogP contribution in [-0.2, 0) is 27.2 Å². The van der Waals surface area contributed by atoms with Gasteiger partial charge < -0.3 is 19.3 Å². The summed E-state index contributed by atoms with van der Waals surface area (Å²) >= 11 is 1.09. The van der Waals surface area contributed by atoms with Crippen LogP contribution >= 0.6 is 11.3 Å². The minimum atomic E-state index is -0.956. The highest BCUT2D eigenvalue weighted by Gasteiger charge is 2.17. The third-order valence-electron chi connectivity index (χ3n) is 5.16. The van der Waals surface area contributed by atoms with E-state index >= 15 is 0 Å². The Kier molecular flexibility index (Phi) is 13.5. The number of esters is 1. The van der Waals surface area contributed by atoms with Gasteiger partial charge in [-0.25, -0.2) is 14.6 Å². The molecule has 0 bridgehead atoms. The highest BCUT2D eigenvalue weighted by molar-refractivity contribution is 7.17. The Morgan fingerprint density at radius 2 is 1.36 bits per heavy atom. The summed E-state index contributed by atoms with van der Waals surface area (Å²) in [6.07, 6.45) is 4.26. The fraction of sp³-hybridized carbons (Fsp3) is 0.379. The Bertz CT molecular complexity index is 1190. The molecule has 0 aliphatic carbocycles. The van der Waals surface area contributed by atoms with Crippen LogP contribution in [0.2, 0.25) is 0 Å². The number of nitrogens with zero attached hydrogens (tertiary/aromatic N) is 1. The zero-order valence-electron chi connectivity index (χ0n) is 22.8. The van der Waals surface area contributed by atoms with Gasteiger partial charge in [-0.05, 0) is 62.1 Å². The summed E-state index contributed by atoms with van der Waals surface area (Å²) in [5, 5.41) is 11.4. The van der Waals surface area contributed by atoms with E-state index in [0.29, 0.717) is 33.8 Å². The standard InChI is InChI=1S/C18H22N2O4S.C11H14O3/c1-4-6-13-7-9-14(10-8-13)24-11-15(21)20-18-19-12(3)16(25-18)17(22)23-5-2;1-2-3-9-4-6-10(7-5-9)14-8-11(12)13/h7-10H,4-6,11H2,1-3H3,(H,19,20,21);4-7H,2-3,8H2,1H3,(H,12,13). The molecule has 0 atom stereocenters. The second kappa shape index (κ2) is 16.8. The van der Waals surface area contributed by atoms with Gasteiger partial charge in [-0.2, -0.15) is 0 Å². The first-order valence-corrected chi connectivity index (χ1v) is 13.7. The van der Waals surface area contributed by atoms with Crippen LogP contribution in [0.25, 0.3) is 0 Å². The Hall–Kier alpha value is -3.92. The molecule has 1 heterocycles. The van der Waals surface area contributed by atoms with Crippen molar-refractivity contribution in [3.05, 3.63) is 70.2 Å². The number of hydrogen-bond acceptors (Lipinski definition) is 8. The average Bonchev–Trinajstić information content (AvgIpc) is 3.28. The van der Waals surface area contributed by atoms with Crippen molar-refractivity contribution in [2.75, 3.05) is 25.1 Å². The highest BCUT2D eigenvalue weighted by Crippen LogP contribution is 2.23. The summed E-state index contributed by atoms with van der Waals surface area (Å²) < 4.78 is 15.4. The minimum Gasteiger partial charge on any atom is -0.484 e. The lowest BCUT2D eigenvalue weighted by atomic mass is 10.1. The number of aromatic nitrogens is 1. The first kappa shape index (κ1) is 31.3. The van der Waals surface area contributed by atoms with E-state index in [-0.39, 0.29) is 19.1 Å². The zero-order valence-corrected chi connectivity index (χ0v) is 23.6. The van der Waals surface area contributed by atoms with Crippen molar-refractivity contribution in [1.82, 2.24) is 4.98 Å². The maximum atomic E-state index is 12.0. The van der Waals surface area contributed by atoms with Crippen molar-refractivity contribution in [3.63, 3.8) is 0 Å². The van der Waals surface area contributed by atoms with Crippen LogP contribution in [0.1, 0.15) is 60.1 Å². The second-order valence-electron chi connectivity index (χ2n) is 8.46. The first-order chi connectivity index (χ1) is 18.7. The van der Waals surface area contributed by atoms with Crippen molar-refractivity contribution in [3.8, 4) is 11.5 Å². The van der Waals surface area contributed by atoms with Crippen molar-refractivity contribution >= 4 is 34.3 Å². The molecule has 10 heteroatoms. The molecule has 2 N–H and O–H groups in total. The van der Waals surface area contributed by atoms with E-state index in [1.807, 2.05) is 36.4 Å². The van der Waals surface area contributed by atoms with Crippen LogP contribution in [0.4, 0.5) is 5.13 Å². The predicted molar refractivity (Wildman–Crippen MR) is 151 cm³/mol. The highest BCUT2D eigenvalue weighted by atomic mass is 32.1. The van der Waals surface area contributed by atoms with Gasteiger partial charge in [0.25, 0.3) is 5.91 Å². The lowest BCUT2D eigenvalue weighted by molar-refractivity contribution is -0.139. The number of hydrogen-bond donors (Lipinski definition) is 2. The lowest BCUT2D eigenvalue weighted by Gasteiger charge is -2.06. The average molecular weight is 557 g/mol. The van der Waals surface area contributed by atoms with Crippen LogP contribution < -0.4 is 14.8 Å². The number of rotatable bonds is 13. The molecule has 0 aliphatic heterocycles. The molecule has 0 unspecified atom stereocenters. The number of benzene rings is 2. The van der Waals surface area contributed by atoms with Crippen molar-refractivity contribution in [2.45, 2.75) is 53.4 Å². The number of aryl methyl sites for hydroxylation is 3. The van der Waals surface area contributed by atoms with Gasteiger partial charge in [0, 0.05) is 0 Å². The van der Waals surface area contributed by atoms with Gasteiger partial charge in [-0.3, -0.25) is 10.1 Å². The Morgan fingerprint density at radius 3 is 1.82 bits per heavy atom. The van der Waals surface area contributed by atoms with Crippen LogP contribution in [-0.4, -0.2) is 47.8 Å². The second-order valence-corrected chi connectivity index (χ2v) is 9.46. The molecular weight excluding hydrogens is 520 g/mol. The minimum absolute atomic E-state index is 0.125. The molecule has 39 heavy (non-hydrogen) atoms. The van der Waals surface area contributed by atoms with Gasteiger partial charge in [0.2, 0.25) is 0 Å². The monoisotopic (exact) mass is 556 g/mol. The predicted octanol–water partition coefficient (Wildman–Crippen LogP) is 5.70. The number of carbonyl (C=O) groups excluding carboxylic acids is 2. The van der Waals surface area contributed by atoms with E-state index in [4.69, 9.17) is 19.3 Å². The summed E-state index contributed by atoms with van der Waals surface area (Å²) in [5.74, 6) is -0.476. The van der Waals surface area contributed by atoms with Crippen LogP contribution in [0.15, 0.2) is 48.5 Å². The van der Waals surface area contributed by atoms with E-state index in [9.17, 15) is 14.4 Å². The summed E-state index contributed by atoms with van der Waals surface area (Å²) in [4.78, 5) is 38.5. The number of carboxylic acid groups (broad SMARTS) is 1. The molecule has 0 saturated carbocycles. The molecule has 0 radical (unpaired) electrons. The number of thiazole rings is 1. The normalized spacial score (nSPS) is 10.2. The molecule has 3 aromatic rings. The molecule has 210 valence electrons. The van der Waals surface area contributed by atoms with Crippen molar-refractivity contribution in [1.29, 1.82) is 0 Å². The number of amides is 1. The maximum absolute atomic E-state index is 12.0. The van der Waals surface area contributed by atoms with E-state index in [2.05, 4.69) is 24.1 Å². The van der Waals surface area contributed by atoms with Crippen LogP contribution in [0, 0.1) is 6.92 Å². The number of anilines is 1. The molecule has 3 rings (SSSR count). The molecule has 2 aromatic carbocycles. The summed E-state index contributed by atoms with van der Waals surface area (Å²) in [6.45, 7) is 7.57. The largest absolute Gasteiger partial charge is 0.484 e. The third kappa shape index (κ3) is 11.6. The van der Waals surface area contributed by atoms with Gasteiger partial charge in [-0.15, -0.1) is 0 Å². The molecule has 0 saturated heterocycles. The van der Waals surface area contributed by atoms with E-state index in [1.54, 1.807) is 26.0 Å². The van der Waals surface area contributed by atoms with Crippen LogP contribution in [0.5, 0.6) is 11.5 Å². The molecule has 1 amide bonds. The molecule has 1 aromatic heterocycles. The van der Waals surface area contributed by atoms with Gasteiger partial charge in [-0.1, -0.05) is 62.3 Å². The molecule has 0 fully saturated rings. The molecule has 0 aliphatic rings. The van der Waals surface area contributed by atoms with Gasteiger partial charge in [0.05, 0.1) is 12.3 Å². The van der Waals surface area contributed by atoms with Crippen LogP contribution in [0.3, 0.4) is 0 Å². The molecular formula is C29H36N2O7S. The van der Waals surface area contributed by atoms with E-state index < -0.39 is 11.9 Å². The summed E-state index contributed by atoms with van der Waals surface area (Å²) in [6, 6.07) is 15.2. The number of ether oxygens (including phenoxy) is 3. The molecule has 9 nitrogen and oxygen atoms in total. The SMILES string of the molecule is CCCc1ccc(OCC(=O)Nc2nc(C)c(C(=O)OCC)s2)cc1.CCCc1ccc(OCC(=O)O)cc1. The first-order valence-electron chi connectivity index (χ1n) is 12.8. The fourth-order valence-corrected chi connectivity index (χ4v) is 4.24. The lowest BCUT2D eigenvalue weighted by Crippen LogP contribution is -2.20. The molecule has 0 spiro atoms. The number of aliphatic carboxylic acids is 1. The fourth-order valence-electron chi connectivity index (χ4n) is 3.37. The Balaban J connectivity index is 0.000000322. The number of carboxylic acids is 1. The third-order valence-corrected chi connectivity index (χ3v) is 6.21. The number of nitrogens with one attached hydrogen (secondary N) is 1. The van der Waals surface area contributed by atoms with E-state index in [0.717, 1.165) is 37.0 Å². The van der Waals surface area contributed by atoms with Gasteiger partial charge >= 0.3 is 11.9 Å². The summed E-state index contributed by atoms with van der Waals surface area (Å²) in [5.41, 5.74) is 3.02. The van der Waals surface area contributed by atoms with Gasteiger partial charge in [0.1, 0.15) is 16.4 Å². The van der Waals surface area contributed by atoms with Gasteiger partial charge in [0.15, 0.2) is 18.3 Å². The topological polar surface area (TPSA) is 124 Å². The zero-order chi connectivity index (χ0) is 28.6. The van der Waals surface area contributed by atoms with Crippen molar-refractivity contribution in [2.24, 2.45) is 0 Å². The van der Waals surface area contributed by atoms with E-state index in [1.165, 1.54) is 11.1 Å². The summed E-state index contributed by atoms with van der Waals surface area (Å²) in [7, 11) is 0. The maximum Gasteiger partial charge on any atom is 0.350 e. The Morgan fingerprint density at radius 1 is 0.846 bits per heavy atom. The van der Waals surface area contributed by atoms with Crippen molar-refractivity contribution < 1.29 is 33.7 Å². The Labute approximate surface area is 233 Å².